The summed E-state index contributed by atoms with van der Waals surface area (Å²) in [6, 6.07) is 5.07. The number of hydrogen-bond donors (Lipinski definition) is 2. The van der Waals surface area contributed by atoms with Crippen molar-refractivity contribution in [3.63, 3.8) is 0 Å². The molecule has 2 N–H and O–H groups in total. The van der Waals surface area contributed by atoms with Gasteiger partial charge in [-0.15, -0.1) is 0 Å². The number of benzene rings is 1. The highest BCUT2D eigenvalue weighted by Crippen LogP contribution is 2.18. The molecule has 0 aliphatic heterocycles. The summed E-state index contributed by atoms with van der Waals surface area (Å²) in [5.41, 5.74) is 3.78. The van der Waals surface area contributed by atoms with Crippen molar-refractivity contribution < 1.29 is 9.21 Å². The van der Waals surface area contributed by atoms with Gasteiger partial charge in [-0.3, -0.25) is 9.48 Å². The molecule has 0 aliphatic carbocycles. The van der Waals surface area contributed by atoms with Crippen LogP contribution in [-0.2, 0) is 7.05 Å². The van der Waals surface area contributed by atoms with E-state index in [0.717, 1.165) is 16.8 Å². The van der Waals surface area contributed by atoms with Crippen molar-refractivity contribution >= 4 is 29.2 Å². The lowest BCUT2D eigenvalue weighted by Gasteiger charge is -2.13. The lowest BCUT2D eigenvalue weighted by atomic mass is 10.1. The first-order valence-corrected chi connectivity index (χ1v) is 7.29. The Morgan fingerprint density at radius 1 is 1.50 bits per heavy atom. The van der Waals surface area contributed by atoms with E-state index in [1.165, 1.54) is 0 Å². The maximum Gasteiger partial charge on any atom is 0.266 e. The van der Waals surface area contributed by atoms with Crippen LogP contribution in [0, 0.1) is 11.8 Å². The number of aryl methyl sites for hydroxylation is 2. The molecule has 0 fully saturated rings. The van der Waals surface area contributed by atoms with Gasteiger partial charge in [-0.2, -0.15) is 5.10 Å². The molecule has 0 radical (unpaired) electrons. The summed E-state index contributed by atoms with van der Waals surface area (Å²) in [5.74, 6) is -0.167. The van der Waals surface area contributed by atoms with Crippen LogP contribution in [0.1, 0.15) is 34.6 Å². The van der Waals surface area contributed by atoms with Crippen molar-refractivity contribution in [2.75, 3.05) is 0 Å². The number of hydrogen-bond acceptors (Lipinski definition) is 4. The number of rotatable bonds is 3. The average Bonchev–Trinajstić information content (AvgIpc) is 2.98. The molecule has 1 unspecified atom stereocenters. The smallest absolute Gasteiger partial charge is 0.266 e. The third kappa shape index (κ3) is 2.67. The highest BCUT2D eigenvalue weighted by molar-refractivity contribution is 7.71. The summed E-state index contributed by atoms with van der Waals surface area (Å²) in [4.78, 5) is 15.6. The van der Waals surface area contributed by atoms with E-state index in [4.69, 9.17) is 16.6 Å². The first kappa shape index (κ1) is 14.5. The maximum atomic E-state index is 12.4. The molecule has 7 heteroatoms. The highest BCUT2D eigenvalue weighted by atomic mass is 32.1. The number of nitrogens with zero attached hydrogens (tertiary/aromatic N) is 2. The molecular formula is C15H16N4O2S. The molecular weight excluding hydrogens is 300 g/mol. The van der Waals surface area contributed by atoms with Gasteiger partial charge in [0.25, 0.3) is 10.7 Å². The van der Waals surface area contributed by atoms with Crippen LogP contribution < -0.4 is 5.32 Å². The summed E-state index contributed by atoms with van der Waals surface area (Å²) in [6.45, 7) is 3.86. The normalized spacial score (nSPS) is 12.5. The van der Waals surface area contributed by atoms with Gasteiger partial charge >= 0.3 is 0 Å². The van der Waals surface area contributed by atoms with Crippen molar-refractivity contribution in [3.8, 4) is 0 Å². The second-order valence-corrected chi connectivity index (χ2v) is 5.63. The zero-order valence-electron chi connectivity index (χ0n) is 12.5. The van der Waals surface area contributed by atoms with E-state index < -0.39 is 0 Å². The molecule has 1 aromatic carbocycles. The predicted molar refractivity (Wildman–Crippen MR) is 85.2 cm³/mol. The fourth-order valence-corrected chi connectivity index (χ4v) is 2.69. The third-order valence-corrected chi connectivity index (χ3v) is 3.73. The van der Waals surface area contributed by atoms with Crippen molar-refractivity contribution in [3.05, 3.63) is 46.1 Å². The number of carbonyl (C=O) groups is 1. The topological polar surface area (TPSA) is 75.8 Å². The molecule has 3 rings (SSSR count). The minimum Gasteiger partial charge on any atom is -0.429 e. The zero-order chi connectivity index (χ0) is 15.9. The standard InChI is InChI=1S/C15H16N4O2S/c1-8(11-7-19(3)18-9(11)2)16-14(20)10-4-5-12-13(6-10)21-15(22)17-12/h4-8H,1-3H3,(H,16,20)(H,17,22). The van der Waals surface area contributed by atoms with E-state index in [2.05, 4.69) is 15.4 Å². The van der Waals surface area contributed by atoms with Crippen LogP contribution >= 0.6 is 12.2 Å². The number of amides is 1. The van der Waals surface area contributed by atoms with Crippen LogP contribution in [0.5, 0.6) is 0 Å². The Morgan fingerprint density at radius 3 is 2.95 bits per heavy atom. The zero-order valence-corrected chi connectivity index (χ0v) is 13.3. The van der Waals surface area contributed by atoms with Crippen molar-refractivity contribution in [1.82, 2.24) is 20.1 Å². The van der Waals surface area contributed by atoms with Gasteiger partial charge in [0.2, 0.25) is 0 Å². The molecule has 0 saturated carbocycles. The van der Waals surface area contributed by atoms with Gasteiger partial charge in [-0.1, -0.05) is 0 Å². The third-order valence-electron chi connectivity index (χ3n) is 3.55. The average molecular weight is 316 g/mol. The number of aromatic nitrogens is 3. The van der Waals surface area contributed by atoms with Crippen molar-refractivity contribution in [2.45, 2.75) is 19.9 Å². The minimum absolute atomic E-state index is 0.130. The molecule has 0 saturated heterocycles. The van der Waals surface area contributed by atoms with E-state index in [0.29, 0.717) is 16.0 Å². The Morgan fingerprint density at radius 2 is 2.27 bits per heavy atom. The van der Waals surface area contributed by atoms with Crippen molar-refractivity contribution in [1.29, 1.82) is 0 Å². The van der Waals surface area contributed by atoms with Gasteiger partial charge < -0.3 is 14.7 Å². The summed E-state index contributed by atoms with van der Waals surface area (Å²) < 4.78 is 7.08. The Balaban J connectivity index is 1.83. The van der Waals surface area contributed by atoms with E-state index >= 15 is 0 Å². The molecule has 2 heterocycles. The Labute approximate surface area is 132 Å². The van der Waals surface area contributed by atoms with Crippen LogP contribution in [0.2, 0.25) is 0 Å². The SMILES string of the molecule is Cc1nn(C)cc1C(C)NC(=O)c1ccc2[nH]c(=S)oc2c1. The molecule has 0 spiro atoms. The number of aromatic amines is 1. The highest BCUT2D eigenvalue weighted by Gasteiger charge is 2.16. The first-order chi connectivity index (χ1) is 10.4. The molecule has 2 aromatic heterocycles. The Hall–Kier alpha value is -2.41. The van der Waals surface area contributed by atoms with Crippen molar-refractivity contribution in [2.24, 2.45) is 7.05 Å². The van der Waals surface area contributed by atoms with E-state index in [9.17, 15) is 4.79 Å². The number of fused-ring (bicyclic) bond motifs is 1. The molecule has 22 heavy (non-hydrogen) atoms. The lowest BCUT2D eigenvalue weighted by Crippen LogP contribution is -2.26. The molecule has 1 amide bonds. The largest absolute Gasteiger partial charge is 0.429 e. The monoisotopic (exact) mass is 316 g/mol. The number of carbonyl (C=O) groups excluding carboxylic acids is 1. The van der Waals surface area contributed by atoms with Gasteiger partial charge in [0.1, 0.15) is 0 Å². The van der Waals surface area contributed by atoms with Crippen LogP contribution in [0.3, 0.4) is 0 Å². The number of nitrogens with one attached hydrogen (secondary N) is 2. The van der Waals surface area contributed by atoms with Gasteiger partial charge in [-0.05, 0) is 44.3 Å². The van der Waals surface area contributed by atoms with Gasteiger partial charge in [0.05, 0.1) is 17.3 Å². The number of oxazole rings is 1. The predicted octanol–water partition coefficient (Wildman–Crippen LogP) is 3.02. The molecule has 6 nitrogen and oxygen atoms in total. The van der Waals surface area contributed by atoms with Gasteiger partial charge in [0, 0.05) is 24.4 Å². The second kappa shape index (κ2) is 5.42. The summed E-state index contributed by atoms with van der Waals surface area (Å²) in [5, 5.41) is 7.26. The fraction of sp³-hybridized carbons (Fsp3) is 0.267. The van der Waals surface area contributed by atoms with Gasteiger partial charge in [-0.25, -0.2) is 0 Å². The Bertz CT molecular complexity index is 906. The molecule has 1 atom stereocenters. The van der Waals surface area contributed by atoms with Crippen LogP contribution in [0.15, 0.2) is 28.8 Å². The molecule has 0 aliphatic rings. The second-order valence-electron chi connectivity index (χ2n) is 5.26. The quantitative estimate of drug-likeness (QED) is 0.728. The summed E-state index contributed by atoms with van der Waals surface area (Å²) >= 11 is 4.94. The summed E-state index contributed by atoms with van der Waals surface area (Å²) in [7, 11) is 1.86. The first-order valence-electron chi connectivity index (χ1n) is 6.88. The van der Waals surface area contributed by atoms with Crippen LogP contribution in [-0.4, -0.2) is 20.7 Å². The van der Waals surface area contributed by atoms with Crippen LogP contribution in [0.25, 0.3) is 11.1 Å². The van der Waals surface area contributed by atoms with Gasteiger partial charge in [0.15, 0.2) is 5.58 Å². The Kier molecular flexibility index (Phi) is 3.58. The summed E-state index contributed by atoms with van der Waals surface area (Å²) in [6.07, 6.45) is 1.91. The van der Waals surface area contributed by atoms with E-state index in [1.807, 2.05) is 27.1 Å². The fourth-order valence-electron chi connectivity index (χ4n) is 2.49. The molecule has 0 bridgehead atoms. The molecule has 3 aromatic rings. The van der Waals surface area contributed by atoms with Crippen LogP contribution in [0.4, 0.5) is 0 Å². The minimum atomic E-state index is -0.167. The lowest BCUT2D eigenvalue weighted by molar-refractivity contribution is 0.0940. The molecule has 114 valence electrons. The maximum absolute atomic E-state index is 12.4. The van der Waals surface area contributed by atoms with E-state index in [1.54, 1.807) is 22.9 Å². The van der Waals surface area contributed by atoms with E-state index in [-0.39, 0.29) is 11.9 Å². The number of H-pyrrole nitrogens is 1.